The number of aromatic nitrogens is 2. The molecule has 1 aromatic carbocycles. The van der Waals surface area contributed by atoms with Crippen molar-refractivity contribution in [1.29, 1.82) is 0 Å². The van der Waals surface area contributed by atoms with Gasteiger partial charge in [0.25, 0.3) is 5.56 Å². The zero-order valence-electron chi connectivity index (χ0n) is 18.4. The van der Waals surface area contributed by atoms with Crippen LogP contribution in [0.15, 0.2) is 29.1 Å². The number of fused-ring (bicyclic) bond motifs is 3. The molecule has 4 rings (SSSR count). The van der Waals surface area contributed by atoms with Crippen LogP contribution in [-0.4, -0.2) is 41.1 Å². The van der Waals surface area contributed by atoms with E-state index in [1.54, 1.807) is 22.0 Å². The first-order chi connectivity index (χ1) is 15.0. The molecule has 31 heavy (non-hydrogen) atoms. The molecule has 2 aromatic heterocycles. The van der Waals surface area contributed by atoms with Gasteiger partial charge in [0.2, 0.25) is 0 Å². The SMILES string of the molecule is CCCOC(=O)c1cccc(Cn2c(CN(C)C)nc3sc4c(c3c2=O)CCCC4)c1. The van der Waals surface area contributed by atoms with E-state index in [1.807, 2.05) is 44.1 Å². The third kappa shape index (κ3) is 4.57. The molecule has 0 saturated heterocycles. The van der Waals surface area contributed by atoms with Crippen LogP contribution in [0.4, 0.5) is 0 Å². The molecule has 1 aliphatic carbocycles. The molecule has 0 fully saturated rings. The monoisotopic (exact) mass is 439 g/mol. The lowest BCUT2D eigenvalue weighted by atomic mass is 9.97. The Morgan fingerprint density at radius 3 is 2.84 bits per heavy atom. The number of thiophene rings is 1. The average molecular weight is 440 g/mol. The Balaban J connectivity index is 1.76. The number of hydrogen-bond donors (Lipinski definition) is 0. The lowest BCUT2D eigenvalue weighted by molar-refractivity contribution is 0.0505. The standard InChI is InChI=1S/C24H29N3O3S/c1-4-12-30-24(29)17-9-7-8-16(13-17)14-27-20(15-26(2)3)25-22-21(23(27)28)18-10-5-6-11-19(18)31-22/h7-9,13H,4-6,10-12,14-15H2,1-3H3. The molecule has 0 aliphatic heterocycles. The Bertz CT molecular complexity index is 1160. The molecule has 0 amide bonds. The van der Waals surface area contributed by atoms with Crippen molar-refractivity contribution < 1.29 is 9.53 Å². The summed E-state index contributed by atoms with van der Waals surface area (Å²) in [4.78, 5) is 35.1. The number of aryl methyl sites for hydroxylation is 2. The van der Waals surface area contributed by atoms with E-state index in [0.29, 0.717) is 25.3 Å². The van der Waals surface area contributed by atoms with Gasteiger partial charge in [0.1, 0.15) is 10.7 Å². The van der Waals surface area contributed by atoms with Gasteiger partial charge in [0, 0.05) is 4.88 Å². The van der Waals surface area contributed by atoms with E-state index >= 15 is 0 Å². The van der Waals surface area contributed by atoms with Crippen molar-refractivity contribution in [3.8, 4) is 0 Å². The summed E-state index contributed by atoms with van der Waals surface area (Å²) in [5, 5.41) is 0.792. The summed E-state index contributed by atoms with van der Waals surface area (Å²) in [5.41, 5.74) is 2.62. The van der Waals surface area contributed by atoms with Gasteiger partial charge in [-0.05, 0) is 69.5 Å². The van der Waals surface area contributed by atoms with Gasteiger partial charge in [-0.3, -0.25) is 9.36 Å². The fourth-order valence-corrected chi connectivity index (χ4v) is 5.38. The Morgan fingerprint density at radius 1 is 1.26 bits per heavy atom. The Labute approximate surface area is 186 Å². The van der Waals surface area contributed by atoms with E-state index in [1.165, 1.54) is 16.9 Å². The molecule has 0 spiro atoms. The van der Waals surface area contributed by atoms with E-state index < -0.39 is 0 Å². The summed E-state index contributed by atoms with van der Waals surface area (Å²) in [5.74, 6) is 0.421. The summed E-state index contributed by atoms with van der Waals surface area (Å²) in [6, 6.07) is 7.35. The number of carbonyl (C=O) groups excluding carboxylic acids is 1. The fourth-order valence-electron chi connectivity index (χ4n) is 4.10. The highest BCUT2D eigenvalue weighted by molar-refractivity contribution is 7.18. The third-order valence-electron chi connectivity index (χ3n) is 5.55. The first-order valence-electron chi connectivity index (χ1n) is 10.9. The molecule has 164 valence electrons. The lowest BCUT2D eigenvalue weighted by Crippen LogP contribution is -2.29. The Hall–Kier alpha value is -2.51. The predicted octanol–water partition coefficient (Wildman–Crippen LogP) is 4.01. The van der Waals surface area contributed by atoms with Crippen molar-refractivity contribution >= 4 is 27.5 Å². The number of esters is 1. The molecular formula is C24H29N3O3S. The van der Waals surface area contributed by atoms with Gasteiger partial charge in [-0.25, -0.2) is 9.78 Å². The summed E-state index contributed by atoms with van der Waals surface area (Å²) >= 11 is 1.68. The van der Waals surface area contributed by atoms with Crippen LogP contribution in [0.1, 0.15) is 58.4 Å². The van der Waals surface area contributed by atoms with E-state index in [4.69, 9.17) is 9.72 Å². The van der Waals surface area contributed by atoms with Gasteiger partial charge in [-0.15, -0.1) is 11.3 Å². The second-order valence-electron chi connectivity index (χ2n) is 8.38. The second-order valence-corrected chi connectivity index (χ2v) is 9.47. The highest BCUT2D eigenvalue weighted by Crippen LogP contribution is 2.34. The lowest BCUT2D eigenvalue weighted by Gasteiger charge is -2.17. The smallest absolute Gasteiger partial charge is 0.338 e. The zero-order valence-corrected chi connectivity index (χ0v) is 19.3. The molecule has 7 heteroatoms. The topological polar surface area (TPSA) is 64.4 Å². The zero-order chi connectivity index (χ0) is 22.0. The minimum absolute atomic E-state index is 0.0280. The van der Waals surface area contributed by atoms with Crippen LogP contribution in [0.25, 0.3) is 10.2 Å². The maximum atomic E-state index is 13.6. The maximum Gasteiger partial charge on any atom is 0.338 e. The number of benzene rings is 1. The number of carbonyl (C=O) groups is 1. The van der Waals surface area contributed by atoms with Crippen LogP contribution in [0.3, 0.4) is 0 Å². The van der Waals surface area contributed by atoms with Crippen molar-refractivity contribution in [2.45, 2.75) is 52.1 Å². The summed E-state index contributed by atoms with van der Waals surface area (Å²) in [6.45, 7) is 3.32. The molecule has 0 radical (unpaired) electrons. The van der Waals surface area contributed by atoms with Crippen molar-refractivity contribution in [1.82, 2.24) is 14.5 Å². The molecule has 3 aromatic rings. The van der Waals surface area contributed by atoms with Gasteiger partial charge in [0.15, 0.2) is 0 Å². The number of rotatable bonds is 7. The van der Waals surface area contributed by atoms with Crippen molar-refractivity contribution in [3.63, 3.8) is 0 Å². The fraction of sp³-hybridized carbons (Fsp3) is 0.458. The number of hydrogen-bond acceptors (Lipinski definition) is 6. The number of nitrogens with zero attached hydrogens (tertiary/aromatic N) is 3. The van der Waals surface area contributed by atoms with E-state index in [2.05, 4.69) is 0 Å². The van der Waals surface area contributed by atoms with E-state index in [-0.39, 0.29) is 11.5 Å². The molecule has 6 nitrogen and oxygen atoms in total. The predicted molar refractivity (Wildman–Crippen MR) is 124 cm³/mol. The second kappa shape index (κ2) is 9.32. The van der Waals surface area contributed by atoms with Crippen LogP contribution < -0.4 is 5.56 Å². The first kappa shape index (κ1) is 21.7. The Kier molecular flexibility index (Phi) is 6.53. The normalized spacial score (nSPS) is 13.5. The summed E-state index contributed by atoms with van der Waals surface area (Å²) in [7, 11) is 3.95. The van der Waals surface area contributed by atoms with Crippen LogP contribution in [0, 0.1) is 0 Å². The van der Waals surface area contributed by atoms with E-state index in [0.717, 1.165) is 47.3 Å². The van der Waals surface area contributed by atoms with Gasteiger partial charge >= 0.3 is 5.97 Å². The van der Waals surface area contributed by atoms with Crippen LogP contribution in [-0.2, 0) is 30.7 Å². The molecule has 0 atom stereocenters. The molecule has 0 saturated carbocycles. The first-order valence-corrected chi connectivity index (χ1v) is 11.7. The largest absolute Gasteiger partial charge is 0.462 e. The molecular weight excluding hydrogens is 410 g/mol. The van der Waals surface area contributed by atoms with Crippen LogP contribution in [0.2, 0.25) is 0 Å². The molecule has 0 unspecified atom stereocenters. The van der Waals surface area contributed by atoms with Gasteiger partial charge in [0.05, 0.1) is 30.6 Å². The van der Waals surface area contributed by atoms with Crippen LogP contribution in [0.5, 0.6) is 0 Å². The van der Waals surface area contributed by atoms with Crippen LogP contribution >= 0.6 is 11.3 Å². The highest BCUT2D eigenvalue weighted by atomic mass is 32.1. The minimum Gasteiger partial charge on any atom is -0.462 e. The van der Waals surface area contributed by atoms with Gasteiger partial charge in [-0.1, -0.05) is 19.1 Å². The third-order valence-corrected chi connectivity index (χ3v) is 6.74. The number of ether oxygens (including phenoxy) is 1. The average Bonchev–Trinajstić information content (AvgIpc) is 3.13. The van der Waals surface area contributed by atoms with Crippen molar-refractivity contribution in [3.05, 3.63) is 62.0 Å². The molecule has 2 heterocycles. The molecule has 0 bridgehead atoms. The summed E-state index contributed by atoms with van der Waals surface area (Å²) < 4.78 is 7.05. The van der Waals surface area contributed by atoms with Crippen molar-refractivity contribution in [2.75, 3.05) is 20.7 Å². The van der Waals surface area contributed by atoms with Crippen molar-refractivity contribution in [2.24, 2.45) is 0 Å². The highest BCUT2D eigenvalue weighted by Gasteiger charge is 2.22. The minimum atomic E-state index is -0.329. The molecule has 0 N–H and O–H groups in total. The molecule has 1 aliphatic rings. The Morgan fingerprint density at radius 2 is 2.06 bits per heavy atom. The van der Waals surface area contributed by atoms with Gasteiger partial charge in [-0.2, -0.15) is 0 Å². The van der Waals surface area contributed by atoms with E-state index in [9.17, 15) is 9.59 Å². The maximum absolute atomic E-state index is 13.6. The summed E-state index contributed by atoms with van der Waals surface area (Å²) in [6.07, 6.45) is 5.09. The van der Waals surface area contributed by atoms with Gasteiger partial charge < -0.3 is 9.64 Å². The quantitative estimate of drug-likeness (QED) is 0.521.